The molecule has 0 radical (unpaired) electrons. The van der Waals surface area contributed by atoms with Crippen LogP contribution < -0.4 is 5.32 Å². The van der Waals surface area contributed by atoms with Gasteiger partial charge in [-0.15, -0.1) is 16.4 Å². The lowest BCUT2D eigenvalue weighted by Gasteiger charge is -1.99. The fourth-order valence-electron chi connectivity index (χ4n) is 1.49. The highest BCUT2D eigenvalue weighted by atomic mass is 35.5. The number of benzene rings is 1. The molecular weight excluding hydrogens is 305 g/mol. The highest BCUT2D eigenvalue weighted by molar-refractivity contribution is 7.14. The molecule has 2 N–H and O–H groups in total. The average molecular weight is 312 g/mol. The first-order valence-electron chi connectivity index (χ1n) is 5.26. The van der Waals surface area contributed by atoms with Crippen LogP contribution >= 0.6 is 34.5 Å². The zero-order valence-electron chi connectivity index (χ0n) is 9.39. The van der Waals surface area contributed by atoms with Crippen LogP contribution in [0.1, 0.15) is 0 Å². The van der Waals surface area contributed by atoms with Crippen molar-refractivity contribution in [2.45, 2.75) is 0 Å². The molecule has 0 saturated carbocycles. The van der Waals surface area contributed by atoms with Gasteiger partial charge in [-0.25, -0.2) is 4.98 Å². The van der Waals surface area contributed by atoms with Crippen molar-refractivity contribution in [2.75, 3.05) is 5.32 Å². The minimum absolute atomic E-state index is 0.512. The third-order valence-corrected chi connectivity index (χ3v) is 3.87. The fraction of sp³-hybridized carbons (Fsp3) is 0. The van der Waals surface area contributed by atoms with Gasteiger partial charge in [0, 0.05) is 10.9 Å². The van der Waals surface area contributed by atoms with E-state index in [9.17, 15) is 0 Å². The molecule has 0 atom stereocenters. The van der Waals surface area contributed by atoms with E-state index in [-0.39, 0.29) is 0 Å². The monoisotopic (exact) mass is 311 g/mol. The summed E-state index contributed by atoms with van der Waals surface area (Å²) < 4.78 is 0. The van der Waals surface area contributed by atoms with Crippen molar-refractivity contribution >= 4 is 45.5 Å². The standard InChI is InChI=1S/C11H7Cl2N5S/c12-7-2-1-6(3-8(7)13)9-5-19-11(15-9)16-10-4-14-18-17-10/h1-5H,(H2,14,15,16,17,18). The van der Waals surface area contributed by atoms with Gasteiger partial charge in [0.2, 0.25) is 0 Å². The second kappa shape index (κ2) is 5.16. The molecule has 0 amide bonds. The first kappa shape index (κ1) is 12.4. The molecule has 19 heavy (non-hydrogen) atoms. The van der Waals surface area contributed by atoms with Crippen LogP contribution in [0.2, 0.25) is 10.0 Å². The number of nitrogens with one attached hydrogen (secondary N) is 2. The number of nitrogens with zero attached hydrogens (tertiary/aromatic N) is 3. The van der Waals surface area contributed by atoms with Crippen molar-refractivity contribution in [2.24, 2.45) is 0 Å². The number of hydrogen-bond donors (Lipinski definition) is 2. The summed E-state index contributed by atoms with van der Waals surface area (Å²) in [5.74, 6) is 0.620. The molecule has 5 nitrogen and oxygen atoms in total. The van der Waals surface area contributed by atoms with Crippen LogP contribution in [0.5, 0.6) is 0 Å². The maximum absolute atomic E-state index is 5.99. The Hall–Kier alpha value is -1.63. The summed E-state index contributed by atoms with van der Waals surface area (Å²) >= 11 is 13.4. The normalized spacial score (nSPS) is 10.6. The smallest absolute Gasteiger partial charge is 0.188 e. The molecule has 0 unspecified atom stereocenters. The van der Waals surface area contributed by atoms with E-state index in [1.807, 2.05) is 11.4 Å². The van der Waals surface area contributed by atoms with E-state index in [4.69, 9.17) is 23.2 Å². The predicted molar refractivity (Wildman–Crippen MR) is 77.2 cm³/mol. The molecule has 0 aliphatic rings. The number of anilines is 2. The molecule has 8 heteroatoms. The van der Waals surface area contributed by atoms with Gasteiger partial charge in [-0.1, -0.05) is 29.3 Å². The van der Waals surface area contributed by atoms with Crippen molar-refractivity contribution in [1.29, 1.82) is 0 Å². The SMILES string of the molecule is Clc1ccc(-c2csc(Nc3cn[nH]n3)n2)cc1Cl. The molecule has 0 fully saturated rings. The van der Waals surface area contributed by atoms with Crippen LogP contribution in [0.15, 0.2) is 29.8 Å². The van der Waals surface area contributed by atoms with E-state index in [0.29, 0.717) is 15.9 Å². The molecule has 2 aromatic heterocycles. The number of thiazole rings is 1. The van der Waals surface area contributed by atoms with Crippen molar-refractivity contribution in [3.8, 4) is 11.3 Å². The lowest BCUT2D eigenvalue weighted by molar-refractivity contribution is 0.942. The zero-order valence-corrected chi connectivity index (χ0v) is 11.7. The van der Waals surface area contributed by atoms with Gasteiger partial charge in [0.05, 0.1) is 21.9 Å². The number of H-pyrrole nitrogens is 1. The lowest BCUT2D eigenvalue weighted by Crippen LogP contribution is -1.89. The Bertz CT molecular complexity index is 695. The number of aromatic nitrogens is 4. The maximum Gasteiger partial charge on any atom is 0.188 e. The molecular formula is C11H7Cl2N5S. The van der Waals surface area contributed by atoms with Crippen LogP contribution in [-0.4, -0.2) is 20.4 Å². The minimum atomic E-state index is 0.512. The first-order chi connectivity index (χ1) is 9.22. The molecule has 96 valence electrons. The highest BCUT2D eigenvalue weighted by Crippen LogP contribution is 2.30. The van der Waals surface area contributed by atoms with Crippen LogP contribution in [0.4, 0.5) is 10.9 Å². The molecule has 0 spiro atoms. The van der Waals surface area contributed by atoms with E-state index >= 15 is 0 Å². The summed E-state index contributed by atoms with van der Waals surface area (Å²) in [5.41, 5.74) is 1.74. The average Bonchev–Trinajstić information content (AvgIpc) is 3.05. The molecule has 2 heterocycles. The molecule has 3 aromatic rings. The Morgan fingerprint density at radius 2 is 2.11 bits per heavy atom. The summed E-state index contributed by atoms with van der Waals surface area (Å²) in [6.45, 7) is 0. The molecule has 1 aromatic carbocycles. The second-order valence-corrected chi connectivity index (χ2v) is 5.32. The van der Waals surface area contributed by atoms with Crippen LogP contribution in [0.25, 0.3) is 11.3 Å². The van der Waals surface area contributed by atoms with Gasteiger partial charge in [-0.3, -0.25) is 0 Å². The molecule has 3 rings (SSSR count). The van der Waals surface area contributed by atoms with Crippen molar-refractivity contribution in [3.63, 3.8) is 0 Å². The number of aromatic amines is 1. The van der Waals surface area contributed by atoms with Crippen LogP contribution in [0, 0.1) is 0 Å². The molecule has 0 bridgehead atoms. The van der Waals surface area contributed by atoms with Gasteiger partial charge in [0.15, 0.2) is 10.9 Å². The third-order valence-electron chi connectivity index (χ3n) is 2.37. The van der Waals surface area contributed by atoms with E-state index in [1.165, 1.54) is 11.3 Å². The summed E-state index contributed by atoms with van der Waals surface area (Å²) in [5, 5.41) is 16.9. The Morgan fingerprint density at radius 1 is 1.21 bits per heavy atom. The highest BCUT2D eigenvalue weighted by Gasteiger charge is 2.07. The molecule has 0 aliphatic carbocycles. The second-order valence-electron chi connectivity index (χ2n) is 3.65. The fourth-order valence-corrected chi connectivity index (χ4v) is 2.52. The summed E-state index contributed by atoms with van der Waals surface area (Å²) in [6.07, 6.45) is 1.58. The van der Waals surface area contributed by atoms with Gasteiger partial charge in [-0.05, 0) is 12.1 Å². The van der Waals surface area contributed by atoms with Crippen LogP contribution in [0.3, 0.4) is 0 Å². The van der Waals surface area contributed by atoms with Crippen molar-refractivity contribution in [1.82, 2.24) is 20.4 Å². The number of rotatable bonds is 3. The minimum Gasteiger partial charge on any atom is -0.313 e. The van der Waals surface area contributed by atoms with E-state index < -0.39 is 0 Å². The van der Waals surface area contributed by atoms with Gasteiger partial charge in [0.1, 0.15) is 0 Å². The van der Waals surface area contributed by atoms with Crippen LogP contribution in [-0.2, 0) is 0 Å². The number of hydrogen-bond acceptors (Lipinski definition) is 5. The molecule has 0 aliphatic heterocycles. The quantitative estimate of drug-likeness (QED) is 0.767. The van der Waals surface area contributed by atoms with Gasteiger partial charge in [0.25, 0.3) is 0 Å². The van der Waals surface area contributed by atoms with Gasteiger partial charge >= 0.3 is 0 Å². The predicted octanol–water partition coefficient (Wildman–Crippen LogP) is 3.98. The van der Waals surface area contributed by atoms with E-state index in [1.54, 1.807) is 18.3 Å². The van der Waals surface area contributed by atoms with E-state index in [2.05, 4.69) is 25.7 Å². The van der Waals surface area contributed by atoms with Crippen molar-refractivity contribution < 1.29 is 0 Å². The Labute approximate surface area is 122 Å². The summed E-state index contributed by atoms with van der Waals surface area (Å²) in [6, 6.07) is 5.42. The molecule has 0 saturated heterocycles. The Morgan fingerprint density at radius 3 is 2.84 bits per heavy atom. The lowest BCUT2D eigenvalue weighted by atomic mass is 10.2. The zero-order chi connectivity index (χ0) is 13.2. The third kappa shape index (κ3) is 2.70. The van der Waals surface area contributed by atoms with Gasteiger partial charge in [-0.2, -0.15) is 10.3 Å². The summed E-state index contributed by atoms with van der Waals surface area (Å²) in [4.78, 5) is 4.45. The Balaban J connectivity index is 1.86. The summed E-state index contributed by atoms with van der Waals surface area (Å²) in [7, 11) is 0. The Kier molecular flexibility index (Phi) is 3.37. The number of halogens is 2. The van der Waals surface area contributed by atoms with Crippen molar-refractivity contribution in [3.05, 3.63) is 39.8 Å². The maximum atomic E-state index is 5.99. The first-order valence-corrected chi connectivity index (χ1v) is 6.89. The van der Waals surface area contributed by atoms with E-state index in [0.717, 1.165) is 16.4 Å². The topological polar surface area (TPSA) is 66.5 Å². The largest absolute Gasteiger partial charge is 0.313 e. The van der Waals surface area contributed by atoms with Gasteiger partial charge < -0.3 is 5.32 Å².